The van der Waals surface area contributed by atoms with E-state index in [2.05, 4.69) is 5.32 Å². The number of thiophene rings is 1. The fourth-order valence-electron chi connectivity index (χ4n) is 2.89. The molecule has 1 aromatic rings. The maximum Gasteiger partial charge on any atom is 0.308 e. The van der Waals surface area contributed by atoms with Crippen molar-refractivity contribution < 1.29 is 19.5 Å². The first-order valence-corrected chi connectivity index (χ1v) is 8.58. The molecule has 7 heteroatoms. The summed E-state index contributed by atoms with van der Waals surface area (Å²) in [4.78, 5) is 38.4. The Labute approximate surface area is 139 Å². The molecule has 23 heavy (non-hydrogen) atoms. The lowest BCUT2D eigenvalue weighted by Gasteiger charge is -2.30. The van der Waals surface area contributed by atoms with E-state index in [4.69, 9.17) is 0 Å². The highest BCUT2D eigenvalue weighted by molar-refractivity contribution is 7.12. The van der Waals surface area contributed by atoms with Crippen LogP contribution >= 0.6 is 11.3 Å². The van der Waals surface area contributed by atoms with Gasteiger partial charge in [-0.3, -0.25) is 14.4 Å². The van der Waals surface area contributed by atoms with Crippen LogP contribution in [-0.4, -0.2) is 46.4 Å². The number of carboxylic acid groups (broad SMARTS) is 1. The summed E-state index contributed by atoms with van der Waals surface area (Å²) < 4.78 is 0. The second-order valence-corrected chi connectivity index (χ2v) is 7.13. The summed E-state index contributed by atoms with van der Waals surface area (Å²) in [6.07, 6.45) is 0.450. The van der Waals surface area contributed by atoms with Gasteiger partial charge < -0.3 is 15.3 Å². The van der Waals surface area contributed by atoms with Gasteiger partial charge in [-0.1, -0.05) is 19.9 Å². The first-order chi connectivity index (χ1) is 10.8. The average molecular weight is 338 g/mol. The number of carbonyl (C=O) groups excluding carboxylic acids is 2. The molecule has 0 saturated carbocycles. The molecular weight excluding hydrogens is 316 g/mol. The van der Waals surface area contributed by atoms with Crippen LogP contribution in [0.25, 0.3) is 0 Å². The number of likely N-dealkylation sites (tertiary alicyclic amines) is 1. The third-order valence-corrected chi connectivity index (χ3v) is 5.19. The second kappa shape index (κ2) is 7.12. The number of aliphatic carboxylic acids is 1. The third kappa shape index (κ3) is 3.72. The lowest BCUT2D eigenvalue weighted by atomic mass is 10.00. The molecule has 1 aliphatic heterocycles. The largest absolute Gasteiger partial charge is 0.481 e. The zero-order valence-corrected chi connectivity index (χ0v) is 14.3. The van der Waals surface area contributed by atoms with Gasteiger partial charge in [0.05, 0.1) is 10.8 Å². The molecule has 0 spiro atoms. The van der Waals surface area contributed by atoms with E-state index in [9.17, 15) is 19.5 Å². The van der Waals surface area contributed by atoms with E-state index < -0.39 is 17.9 Å². The van der Waals surface area contributed by atoms with Crippen LogP contribution in [0, 0.1) is 11.8 Å². The van der Waals surface area contributed by atoms with Crippen LogP contribution < -0.4 is 5.32 Å². The van der Waals surface area contributed by atoms with E-state index in [1.165, 1.54) is 11.3 Å². The number of hydrogen-bond donors (Lipinski definition) is 2. The van der Waals surface area contributed by atoms with Crippen molar-refractivity contribution in [2.45, 2.75) is 39.3 Å². The van der Waals surface area contributed by atoms with Crippen LogP contribution in [0.2, 0.25) is 0 Å². The Morgan fingerprint density at radius 1 is 1.39 bits per heavy atom. The van der Waals surface area contributed by atoms with Gasteiger partial charge in [-0.05, 0) is 30.7 Å². The predicted octanol–water partition coefficient (Wildman–Crippen LogP) is 1.82. The highest BCUT2D eigenvalue weighted by Crippen LogP contribution is 2.26. The molecule has 2 rings (SSSR count). The van der Waals surface area contributed by atoms with Gasteiger partial charge in [-0.15, -0.1) is 11.3 Å². The van der Waals surface area contributed by atoms with Gasteiger partial charge in [0.15, 0.2) is 0 Å². The van der Waals surface area contributed by atoms with E-state index in [0.29, 0.717) is 17.8 Å². The maximum absolute atomic E-state index is 12.8. The molecule has 2 N–H and O–H groups in total. The molecule has 3 unspecified atom stereocenters. The predicted molar refractivity (Wildman–Crippen MR) is 87.3 cm³/mol. The van der Waals surface area contributed by atoms with E-state index in [-0.39, 0.29) is 23.8 Å². The minimum absolute atomic E-state index is 0.0810. The zero-order chi connectivity index (χ0) is 17.1. The van der Waals surface area contributed by atoms with Crippen molar-refractivity contribution in [2.24, 2.45) is 11.8 Å². The molecule has 6 nitrogen and oxygen atoms in total. The van der Waals surface area contributed by atoms with E-state index in [1.54, 1.807) is 29.3 Å². The van der Waals surface area contributed by atoms with Crippen LogP contribution in [0.5, 0.6) is 0 Å². The lowest BCUT2D eigenvalue weighted by Crippen LogP contribution is -2.52. The van der Waals surface area contributed by atoms with Gasteiger partial charge in [0.2, 0.25) is 5.91 Å². The molecule has 126 valence electrons. The fourth-order valence-corrected chi connectivity index (χ4v) is 3.52. The number of amides is 2. The number of nitrogens with one attached hydrogen (secondary N) is 1. The average Bonchev–Trinajstić information content (AvgIpc) is 3.12. The van der Waals surface area contributed by atoms with Gasteiger partial charge in [0.1, 0.15) is 6.04 Å². The van der Waals surface area contributed by atoms with Crippen molar-refractivity contribution >= 4 is 29.1 Å². The zero-order valence-electron chi connectivity index (χ0n) is 13.5. The Morgan fingerprint density at radius 2 is 2.09 bits per heavy atom. The Hall–Kier alpha value is -1.89. The van der Waals surface area contributed by atoms with Crippen molar-refractivity contribution in [1.29, 1.82) is 0 Å². The maximum atomic E-state index is 12.8. The summed E-state index contributed by atoms with van der Waals surface area (Å²) in [5.74, 6) is -1.98. The van der Waals surface area contributed by atoms with Gasteiger partial charge in [0, 0.05) is 12.6 Å². The normalized spacial score (nSPS) is 22.2. The molecule has 2 heterocycles. The first-order valence-electron chi connectivity index (χ1n) is 7.70. The second-order valence-electron chi connectivity index (χ2n) is 6.18. The summed E-state index contributed by atoms with van der Waals surface area (Å²) in [6, 6.07) is 2.48. The van der Waals surface area contributed by atoms with Crippen molar-refractivity contribution in [3.8, 4) is 0 Å². The van der Waals surface area contributed by atoms with Crippen LogP contribution in [0.3, 0.4) is 0 Å². The lowest BCUT2D eigenvalue weighted by molar-refractivity contribution is -0.143. The number of nitrogens with zero attached hydrogens (tertiary/aromatic N) is 1. The SMILES string of the molecule is CC(C)C(NC(=O)c1cccs1)C(=O)N1CCC(C(=O)O)C1C. The van der Waals surface area contributed by atoms with Crippen molar-refractivity contribution in [3.05, 3.63) is 22.4 Å². The number of rotatable bonds is 5. The van der Waals surface area contributed by atoms with Crippen LogP contribution in [-0.2, 0) is 9.59 Å². The highest BCUT2D eigenvalue weighted by Gasteiger charge is 2.41. The molecule has 1 aliphatic rings. The molecule has 3 atom stereocenters. The molecule has 1 saturated heterocycles. The molecular formula is C16H22N2O4S. The monoisotopic (exact) mass is 338 g/mol. The van der Waals surface area contributed by atoms with Crippen LogP contribution in [0.1, 0.15) is 36.9 Å². The van der Waals surface area contributed by atoms with E-state index in [1.807, 2.05) is 13.8 Å². The fraction of sp³-hybridized carbons (Fsp3) is 0.562. The van der Waals surface area contributed by atoms with Gasteiger partial charge in [-0.25, -0.2) is 0 Å². The van der Waals surface area contributed by atoms with E-state index >= 15 is 0 Å². The highest BCUT2D eigenvalue weighted by atomic mass is 32.1. The molecule has 0 aliphatic carbocycles. The molecule has 1 aromatic heterocycles. The molecule has 1 fully saturated rings. The quantitative estimate of drug-likeness (QED) is 0.857. The van der Waals surface area contributed by atoms with Crippen molar-refractivity contribution in [2.75, 3.05) is 6.54 Å². The topological polar surface area (TPSA) is 86.7 Å². The summed E-state index contributed by atoms with van der Waals surface area (Å²) in [5.41, 5.74) is 0. The van der Waals surface area contributed by atoms with Gasteiger partial charge in [-0.2, -0.15) is 0 Å². The molecule has 0 bridgehead atoms. The first kappa shape index (κ1) is 17.5. The summed E-state index contributed by atoms with van der Waals surface area (Å²) in [6.45, 7) is 5.90. The summed E-state index contributed by atoms with van der Waals surface area (Å²) in [5, 5.41) is 13.8. The van der Waals surface area contributed by atoms with Crippen LogP contribution in [0.15, 0.2) is 17.5 Å². The molecule has 0 radical (unpaired) electrons. The Bertz CT molecular complexity index is 585. The van der Waals surface area contributed by atoms with Gasteiger partial charge >= 0.3 is 5.97 Å². The minimum Gasteiger partial charge on any atom is -0.481 e. The van der Waals surface area contributed by atoms with Crippen molar-refractivity contribution in [3.63, 3.8) is 0 Å². The number of hydrogen-bond acceptors (Lipinski definition) is 4. The Kier molecular flexibility index (Phi) is 5.41. The number of carboxylic acids is 1. The summed E-state index contributed by atoms with van der Waals surface area (Å²) in [7, 11) is 0. The van der Waals surface area contributed by atoms with Crippen LogP contribution in [0.4, 0.5) is 0 Å². The summed E-state index contributed by atoms with van der Waals surface area (Å²) >= 11 is 1.32. The smallest absolute Gasteiger partial charge is 0.308 e. The molecule has 0 aromatic carbocycles. The standard InChI is InChI=1S/C16H22N2O4S/c1-9(2)13(17-14(19)12-5-4-8-23-12)15(20)18-7-6-11(10(18)3)16(21)22/h4-5,8-11,13H,6-7H2,1-3H3,(H,17,19)(H,21,22). The van der Waals surface area contributed by atoms with Crippen molar-refractivity contribution in [1.82, 2.24) is 10.2 Å². The van der Waals surface area contributed by atoms with Gasteiger partial charge in [0.25, 0.3) is 5.91 Å². The Balaban J connectivity index is 2.10. The van der Waals surface area contributed by atoms with E-state index in [0.717, 1.165) is 0 Å². The Morgan fingerprint density at radius 3 is 2.57 bits per heavy atom. The third-order valence-electron chi connectivity index (χ3n) is 4.32. The molecule has 2 amide bonds. The minimum atomic E-state index is -0.878. The number of carbonyl (C=O) groups is 3.